The SMILES string of the molecule is CCCC(=O)NC(Cc1ccccc1)c1nnc(SCc2ccccc2)n1-c1ccc(Cl)cc1Cl. The first-order valence-electron chi connectivity index (χ1n) is 11.5. The van der Waals surface area contributed by atoms with Crippen LogP contribution >= 0.6 is 35.0 Å². The summed E-state index contributed by atoms with van der Waals surface area (Å²) in [6.45, 7) is 1.99. The molecule has 0 aliphatic heterocycles. The predicted octanol–water partition coefficient (Wildman–Crippen LogP) is 7.07. The number of hydrogen-bond donors (Lipinski definition) is 1. The zero-order valence-electron chi connectivity index (χ0n) is 19.3. The Morgan fingerprint density at radius 3 is 2.31 bits per heavy atom. The summed E-state index contributed by atoms with van der Waals surface area (Å²) >= 11 is 14.4. The lowest BCUT2D eigenvalue weighted by Gasteiger charge is -2.21. The van der Waals surface area contributed by atoms with Gasteiger partial charge in [0.05, 0.1) is 16.8 Å². The second-order valence-corrected chi connectivity index (χ2v) is 9.89. The molecule has 0 bridgehead atoms. The fraction of sp³-hybridized carbons (Fsp3) is 0.222. The Kier molecular flexibility index (Phi) is 8.85. The van der Waals surface area contributed by atoms with Gasteiger partial charge in [-0.2, -0.15) is 0 Å². The highest BCUT2D eigenvalue weighted by Gasteiger charge is 2.25. The van der Waals surface area contributed by atoms with Crippen molar-refractivity contribution in [3.05, 3.63) is 106 Å². The van der Waals surface area contributed by atoms with E-state index in [1.807, 2.05) is 66.1 Å². The third-order valence-electron chi connectivity index (χ3n) is 5.43. The van der Waals surface area contributed by atoms with E-state index in [2.05, 4.69) is 27.6 Å². The second kappa shape index (κ2) is 12.2. The average Bonchev–Trinajstić information content (AvgIpc) is 3.27. The third-order valence-corrected chi connectivity index (χ3v) is 6.96. The van der Waals surface area contributed by atoms with Gasteiger partial charge in [0.1, 0.15) is 0 Å². The highest BCUT2D eigenvalue weighted by Crippen LogP contribution is 2.33. The normalized spacial score (nSPS) is 11.9. The number of hydrogen-bond acceptors (Lipinski definition) is 4. The van der Waals surface area contributed by atoms with Crippen LogP contribution in [-0.4, -0.2) is 20.7 Å². The molecule has 8 heteroatoms. The molecule has 0 saturated heterocycles. The summed E-state index contributed by atoms with van der Waals surface area (Å²) in [7, 11) is 0. The van der Waals surface area contributed by atoms with Crippen LogP contribution < -0.4 is 5.32 Å². The Balaban J connectivity index is 1.76. The number of benzene rings is 3. The number of carbonyl (C=O) groups is 1. The van der Waals surface area contributed by atoms with Crippen LogP contribution in [-0.2, 0) is 17.0 Å². The zero-order valence-corrected chi connectivity index (χ0v) is 21.7. The number of aromatic nitrogens is 3. The van der Waals surface area contributed by atoms with Gasteiger partial charge in [-0.25, -0.2) is 0 Å². The molecule has 1 unspecified atom stereocenters. The molecule has 1 heterocycles. The summed E-state index contributed by atoms with van der Waals surface area (Å²) in [6, 6.07) is 25.2. The second-order valence-electron chi connectivity index (χ2n) is 8.11. The maximum Gasteiger partial charge on any atom is 0.220 e. The van der Waals surface area contributed by atoms with Crippen LogP contribution in [0, 0.1) is 0 Å². The molecule has 0 spiro atoms. The average molecular weight is 526 g/mol. The molecule has 4 rings (SSSR count). The van der Waals surface area contributed by atoms with Crippen molar-refractivity contribution in [1.29, 1.82) is 0 Å². The third kappa shape index (κ3) is 6.66. The first-order chi connectivity index (χ1) is 17.0. The smallest absolute Gasteiger partial charge is 0.220 e. The molecule has 0 aliphatic rings. The van der Waals surface area contributed by atoms with Gasteiger partial charge in [0, 0.05) is 17.2 Å². The van der Waals surface area contributed by atoms with E-state index < -0.39 is 0 Å². The van der Waals surface area contributed by atoms with Crippen molar-refractivity contribution in [1.82, 2.24) is 20.1 Å². The highest BCUT2D eigenvalue weighted by atomic mass is 35.5. The van der Waals surface area contributed by atoms with E-state index in [0.717, 1.165) is 23.4 Å². The highest BCUT2D eigenvalue weighted by molar-refractivity contribution is 7.98. The van der Waals surface area contributed by atoms with E-state index in [1.165, 1.54) is 5.56 Å². The number of amides is 1. The van der Waals surface area contributed by atoms with Gasteiger partial charge in [-0.05, 0) is 42.2 Å². The fourth-order valence-corrected chi connectivity index (χ4v) is 5.16. The molecule has 3 aromatic carbocycles. The molecule has 180 valence electrons. The van der Waals surface area contributed by atoms with Crippen molar-refractivity contribution in [2.24, 2.45) is 0 Å². The minimum Gasteiger partial charge on any atom is -0.346 e. The molecular weight excluding hydrogens is 499 g/mol. The molecule has 5 nitrogen and oxygen atoms in total. The molecule has 4 aromatic rings. The van der Waals surface area contributed by atoms with Crippen molar-refractivity contribution in [3.8, 4) is 5.69 Å². The van der Waals surface area contributed by atoms with Crippen LogP contribution in [0.4, 0.5) is 0 Å². The van der Waals surface area contributed by atoms with E-state index >= 15 is 0 Å². The van der Waals surface area contributed by atoms with Gasteiger partial charge in [0.15, 0.2) is 11.0 Å². The minimum atomic E-state index is -0.387. The Hall–Kier alpha value is -2.80. The topological polar surface area (TPSA) is 59.8 Å². The summed E-state index contributed by atoms with van der Waals surface area (Å²) in [5.41, 5.74) is 2.98. The van der Waals surface area contributed by atoms with Crippen molar-refractivity contribution in [3.63, 3.8) is 0 Å². The maximum atomic E-state index is 12.7. The molecule has 1 N–H and O–H groups in total. The maximum absolute atomic E-state index is 12.7. The van der Waals surface area contributed by atoms with Gasteiger partial charge in [-0.15, -0.1) is 10.2 Å². The summed E-state index contributed by atoms with van der Waals surface area (Å²) in [5.74, 6) is 1.32. The number of carbonyl (C=O) groups excluding carboxylic acids is 1. The lowest BCUT2D eigenvalue weighted by molar-refractivity contribution is -0.121. The van der Waals surface area contributed by atoms with Gasteiger partial charge in [-0.3, -0.25) is 9.36 Å². The van der Waals surface area contributed by atoms with Crippen LogP contribution in [0.2, 0.25) is 10.0 Å². The molecule has 0 aliphatic carbocycles. The Morgan fingerprint density at radius 2 is 1.66 bits per heavy atom. The van der Waals surface area contributed by atoms with E-state index in [9.17, 15) is 4.79 Å². The molecule has 1 atom stereocenters. The largest absolute Gasteiger partial charge is 0.346 e. The Labute approximate surface area is 219 Å². The predicted molar refractivity (Wildman–Crippen MR) is 143 cm³/mol. The molecule has 0 radical (unpaired) electrons. The Bertz CT molecular complexity index is 1260. The van der Waals surface area contributed by atoms with Gasteiger partial charge in [0.2, 0.25) is 5.91 Å². The van der Waals surface area contributed by atoms with Crippen LogP contribution in [0.25, 0.3) is 5.69 Å². The van der Waals surface area contributed by atoms with E-state index in [4.69, 9.17) is 23.2 Å². The van der Waals surface area contributed by atoms with Gasteiger partial charge in [-0.1, -0.05) is 103 Å². The number of rotatable bonds is 10. The number of nitrogens with zero attached hydrogens (tertiary/aromatic N) is 3. The number of halogens is 2. The summed E-state index contributed by atoms with van der Waals surface area (Å²) in [4.78, 5) is 12.7. The van der Waals surface area contributed by atoms with Crippen LogP contribution in [0.5, 0.6) is 0 Å². The first kappa shape index (κ1) is 25.3. The van der Waals surface area contributed by atoms with Crippen molar-refractivity contribution in [2.45, 2.75) is 43.1 Å². The van der Waals surface area contributed by atoms with Gasteiger partial charge >= 0.3 is 0 Å². The van der Waals surface area contributed by atoms with Gasteiger partial charge in [0.25, 0.3) is 0 Å². The minimum absolute atomic E-state index is 0.0244. The van der Waals surface area contributed by atoms with Crippen molar-refractivity contribution < 1.29 is 4.79 Å². The monoisotopic (exact) mass is 524 g/mol. The molecule has 35 heavy (non-hydrogen) atoms. The number of nitrogens with one attached hydrogen (secondary N) is 1. The van der Waals surface area contributed by atoms with Crippen molar-refractivity contribution >= 4 is 40.9 Å². The van der Waals surface area contributed by atoms with Crippen LogP contribution in [0.3, 0.4) is 0 Å². The zero-order chi connectivity index (χ0) is 24.6. The molecule has 1 aromatic heterocycles. The van der Waals surface area contributed by atoms with Crippen LogP contribution in [0.15, 0.2) is 84.0 Å². The summed E-state index contributed by atoms with van der Waals surface area (Å²) in [5, 5.41) is 14.0. The van der Waals surface area contributed by atoms with E-state index in [1.54, 1.807) is 23.9 Å². The van der Waals surface area contributed by atoms with E-state index in [0.29, 0.717) is 33.9 Å². The van der Waals surface area contributed by atoms with Crippen molar-refractivity contribution in [2.75, 3.05) is 0 Å². The van der Waals surface area contributed by atoms with E-state index in [-0.39, 0.29) is 11.9 Å². The standard InChI is InChI=1S/C27H26Cl2N4OS/c1-2-9-25(34)30-23(16-19-10-5-3-6-11-19)26-31-32-27(35-18-20-12-7-4-8-13-20)33(26)24-15-14-21(28)17-22(24)29/h3-8,10-15,17,23H,2,9,16,18H2,1H3,(H,30,34). The Morgan fingerprint density at radius 1 is 0.971 bits per heavy atom. The lowest BCUT2D eigenvalue weighted by Crippen LogP contribution is -2.31. The number of thioether (sulfide) groups is 1. The quantitative estimate of drug-likeness (QED) is 0.225. The van der Waals surface area contributed by atoms with Gasteiger partial charge < -0.3 is 5.32 Å². The summed E-state index contributed by atoms with van der Waals surface area (Å²) in [6.07, 6.45) is 1.78. The fourth-order valence-electron chi connectivity index (χ4n) is 3.76. The van der Waals surface area contributed by atoms with Crippen LogP contribution in [0.1, 0.15) is 42.8 Å². The first-order valence-corrected chi connectivity index (χ1v) is 13.2. The molecule has 0 fully saturated rings. The molecule has 1 amide bonds. The lowest BCUT2D eigenvalue weighted by atomic mass is 10.0. The summed E-state index contributed by atoms with van der Waals surface area (Å²) < 4.78 is 1.94. The molecular formula is C27H26Cl2N4OS. The molecule has 0 saturated carbocycles.